The molecule has 0 atom stereocenters. The molecule has 0 bridgehead atoms. The maximum Gasteiger partial charge on any atom is 0.236 e. The van der Waals surface area contributed by atoms with Gasteiger partial charge < -0.3 is 11.1 Å². The van der Waals surface area contributed by atoms with E-state index in [1.807, 2.05) is 0 Å². The van der Waals surface area contributed by atoms with E-state index in [-0.39, 0.29) is 10.9 Å². The van der Waals surface area contributed by atoms with Crippen molar-refractivity contribution in [2.75, 3.05) is 5.32 Å². The number of halogens is 2. The Bertz CT molecular complexity index is 477. The van der Waals surface area contributed by atoms with Crippen LogP contribution in [-0.2, 0) is 4.79 Å². The van der Waals surface area contributed by atoms with Gasteiger partial charge in [0.05, 0.1) is 16.1 Å². The van der Waals surface area contributed by atoms with Crippen molar-refractivity contribution >= 4 is 56.3 Å². The lowest BCUT2D eigenvalue weighted by atomic mass is 9.92. The molecule has 17 heavy (non-hydrogen) atoms. The summed E-state index contributed by atoms with van der Waals surface area (Å²) in [6.07, 6.45) is 0. The van der Waals surface area contributed by atoms with E-state index in [2.05, 4.69) is 21.2 Å². The Kier molecular flexibility index (Phi) is 4.52. The molecule has 1 aromatic rings. The number of hydrogen-bond acceptors (Lipinski definition) is 2. The lowest BCUT2D eigenvalue weighted by Gasteiger charge is -2.22. The van der Waals surface area contributed by atoms with E-state index in [9.17, 15) is 4.79 Å². The lowest BCUT2D eigenvalue weighted by Crippen LogP contribution is -2.41. The largest absolute Gasteiger partial charge is 0.392 e. The molecule has 3 nitrogen and oxygen atoms in total. The summed E-state index contributed by atoms with van der Waals surface area (Å²) in [5.41, 5.74) is 5.26. The number of nitrogens with two attached hydrogens (primary N) is 1. The monoisotopic (exact) mass is 334 g/mol. The highest BCUT2D eigenvalue weighted by atomic mass is 79.9. The van der Waals surface area contributed by atoms with Crippen LogP contribution in [0.3, 0.4) is 0 Å². The van der Waals surface area contributed by atoms with E-state index >= 15 is 0 Å². The predicted octanol–water partition coefficient (Wildman–Crippen LogP) is 3.35. The van der Waals surface area contributed by atoms with Gasteiger partial charge in [-0.3, -0.25) is 4.79 Å². The molecule has 0 saturated heterocycles. The molecule has 0 heterocycles. The number of rotatable bonds is 3. The number of anilines is 1. The third-order valence-corrected chi connectivity index (χ3v) is 3.76. The predicted molar refractivity (Wildman–Crippen MR) is 78.3 cm³/mol. The quantitative estimate of drug-likeness (QED) is 0.833. The van der Waals surface area contributed by atoms with Gasteiger partial charge in [0.15, 0.2) is 0 Å². The molecule has 6 heteroatoms. The van der Waals surface area contributed by atoms with Crippen LogP contribution in [0.4, 0.5) is 5.69 Å². The summed E-state index contributed by atoms with van der Waals surface area (Å²) in [7, 11) is 0. The van der Waals surface area contributed by atoms with Crippen molar-refractivity contribution in [3.05, 3.63) is 27.7 Å². The molecule has 1 rings (SSSR count). The van der Waals surface area contributed by atoms with Crippen molar-refractivity contribution in [1.82, 2.24) is 0 Å². The molecule has 0 aliphatic heterocycles. The number of benzene rings is 1. The first-order chi connectivity index (χ1) is 7.75. The molecule has 0 unspecified atom stereocenters. The zero-order valence-corrected chi connectivity index (χ0v) is 12.5. The standard InChI is InChI=1S/C11H12BrClN2OS/c1-11(2,9(14)17)10(16)15-8-4-3-6(13)5-7(8)12/h3-5H,1-2H3,(H2,14,17)(H,15,16). The van der Waals surface area contributed by atoms with Crippen LogP contribution < -0.4 is 11.1 Å². The van der Waals surface area contributed by atoms with Crippen molar-refractivity contribution < 1.29 is 4.79 Å². The summed E-state index contributed by atoms with van der Waals surface area (Å²) in [6.45, 7) is 3.35. The van der Waals surface area contributed by atoms with E-state index in [4.69, 9.17) is 29.6 Å². The van der Waals surface area contributed by atoms with Crippen LogP contribution in [0.25, 0.3) is 0 Å². The van der Waals surface area contributed by atoms with E-state index in [0.29, 0.717) is 15.2 Å². The zero-order valence-electron chi connectivity index (χ0n) is 9.38. The molecular formula is C11H12BrClN2OS. The van der Waals surface area contributed by atoms with Crippen LogP contribution in [0.1, 0.15) is 13.8 Å². The van der Waals surface area contributed by atoms with Gasteiger partial charge in [-0.2, -0.15) is 0 Å². The Balaban J connectivity index is 2.92. The molecule has 92 valence electrons. The van der Waals surface area contributed by atoms with Crippen LogP contribution in [0.15, 0.2) is 22.7 Å². The fourth-order valence-corrected chi connectivity index (χ4v) is 1.86. The molecule has 0 radical (unpaired) electrons. The SMILES string of the molecule is CC(C)(C(=O)Nc1ccc(Cl)cc1Br)C(N)=S. The smallest absolute Gasteiger partial charge is 0.236 e. The van der Waals surface area contributed by atoms with Gasteiger partial charge in [-0.15, -0.1) is 0 Å². The fraction of sp³-hybridized carbons (Fsp3) is 0.273. The first-order valence-electron chi connectivity index (χ1n) is 4.81. The number of nitrogens with one attached hydrogen (secondary N) is 1. The topological polar surface area (TPSA) is 55.1 Å². The van der Waals surface area contributed by atoms with Crippen LogP contribution in [0.2, 0.25) is 5.02 Å². The Morgan fingerprint density at radius 3 is 2.59 bits per heavy atom. The van der Waals surface area contributed by atoms with Gasteiger partial charge >= 0.3 is 0 Å². The third-order valence-electron chi connectivity index (χ3n) is 2.36. The van der Waals surface area contributed by atoms with Crippen LogP contribution >= 0.6 is 39.7 Å². The minimum atomic E-state index is -0.894. The first kappa shape index (κ1) is 14.4. The molecule has 0 aromatic heterocycles. The summed E-state index contributed by atoms with van der Waals surface area (Å²) < 4.78 is 0.706. The molecule has 0 saturated carbocycles. The molecule has 0 fully saturated rings. The summed E-state index contributed by atoms with van der Waals surface area (Å²) in [5, 5.41) is 3.33. The molecule has 0 aliphatic carbocycles. The number of amides is 1. The first-order valence-corrected chi connectivity index (χ1v) is 6.39. The van der Waals surface area contributed by atoms with Gasteiger partial charge in [0.2, 0.25) is 5.91 Å². The summed E-state index contributed by atoms with van der Waals surface area (Å²) in [5.74, 6) is -0.256. The van der Waals surface area contributed by atoms with Crippen molar-refractivity contribution in [3.8, 4) is 0 Å². The highest BCUT2D eigenvalue weighted by Gasteiger charge is 2.31. The van der Waals surface area contributed by atoms with Crippen molar-refractivity contribution in [2.45, 2.75) is 13.8 Å². The second-order valence-electron chi connectivity index (χ2n) is 4.07. The minimum absolute atomic E-state index is 0.153. The van der Waals surface area contributed by atoms with E-state index in [1.165, 1.54) is 0 Å². The van der Waals surface area contributed by atoms with Gasteiger partial charge in [0.25, 0.3) is 0 Å². The number of thiocarbonyl (C=S) groups is 1. The van der Waals surface area contributed by atoms with Crippen molar-refractivity contribution in [1.29, 1.82) is 0 Å². The van der Waals surface area contributed by atoms with Crippen LogP contribution in [0, 0.1) is 5.41 Å². The zero-order chi connectivity index (χ0) is 13.2. The Hall–Kier alpha value is -0.650. The Labute approximate surface area is 119 Å². The number of hydrogen-bond donors (Lipinski definition) is 2. The van der Waals surface area contributed by atoms with Crippen LogP contribution in [0.5, 0.6) is 0 Å². The molecule has 1 aromatic carbocycles. The van der Waals surface area contributed by atoms with Gasteiger partial charge in [-0.05, 0) is 48.0 Å². The lowest BCUT2D eigenvalue weighted by molar-refractivity contribution is -0.121. The summed E-state index contributed by atoms with van der Waals surface area (Å²) in [6, 6.07) is 5.10. The maximum absolute atomic E-state index is 12.0. The van der Waals surface area contributed by atoms with E-state index in [1.54, 1.807) is 32.0 Å². The minimum Gasteiger partial charge on any atom is -0.392 e. The average molecular weight is 336 g/mol. The van der Waals surface area contributed by atoms with Gasteiger partial charge in [-0.1, -0.05) is 23.8 Å². The van der Waals surface area contributed by atoms with Crippen LogP contribution in [-0.4, -0.2) is 10.9 Å². The highest BCUT2D eigenvalue weighted by molar-refractivity contribution is 9.10. The molecule has 1 amide bonds. The Morgan fingerprint density at radius 2 is 2.12 bits per heavy atom. The fourth-order valence-electron chi connectivity index (χ4n) is 0.981. The second-order valence-corrected chi connectivity index (χ2v) is 5.80. The summed E-state index contributed by atoms with van der Waals surface area (Å²) in [4.78, 5) is 12.1. The molecule has 3 N–H and O–H groups in total. The van der Waals surface area contributed by atoms with Gasteiger partial charge in [-0.25, -0.2) is 0 Å². The molecule has 0 spiro atoms. The third kappa shape index (κ3) is 3.40. The highest BCUT2D eigenvalue weighted by Crippen LogP contribution is 2.27. The van der Waals surface area contributed by atoms with Gasteiger partial charge in [0.1, 0.15) is 0 Å². The van der Waals surface area contributed by atoms with Gasteiger partial charge in [0, 0.05) is 9.50 Å². The molecular weight excluding hydrogens is 324 g/mol. The second kappa shape index (κ2) is 5.33. The van der Waals surface area contributed by atoms with Crippen molar-refractivity contribution in [2.24, 2.45) is 11.1 Å². The normalized spacial score (nSPS) is 11.1. The summed E-state index contributed by atoms with van der Waals surface area (Å²) >= 11 is 14.0. The Morgan fingerprint density at radius 1 is 1.53 bits per heavy atom. The van der Waals surface area contributed by atoms with E-state index < -0.39 is 5.41 Å². The molecule has 0 aliphatic rings. The van der Waals surface area contributed by atoms with Crippen molar-refractivity contribution in [3.63, 3.8) is 0 Å². The average Bonchev–Trinajstić information content (AvgIpc) is 2.21. The number of carbonyl (C=O) groups is 1. The maximum atomic E-state index is 12.0. The van der Waals surface area contributed by atoms with E-state index in [0.717, 1.165) is 0 Å². The number of carbonyl (C=O) groups excluding carboxylic acids is 1.